The molecule has 0 aliphatic rings. The van der Waals surface area contributed by atoms with E-state index in [4.69, 9.17) is 36.7 Å². The number of aryl methyl sites for hydroxylation is 1. The molecular formula is C23H32ClF3NO8P. The number of amides is 1. The van der Waals surface area contributed by atoms with Gasteiger partial charge in [0.15, 0.2) is 0 Å². The Morgan fingerprint density at radius 1 is 1.03 bits per heavy atom. The molecule has 0 fully saturated rings. The lowest BCUT2D eigenvalue weighted by molar-refractivity contribution is -0.137. The second-order valence-corrected chi connectivity index (χ2v) is 9.26. The van der Waals surface area contributed by atoms with E-state index in [-0.39, 0.29) is 55.0 Å². The molecule has 0 heterocycles. The van der Waals surface area contributed by atoms with Gasteiger partial charge in [0.05, 0.1) is 11.1 Å². The average Bonchev–Trinajstić information content (AvgIpc) is 2.74. The highest BCUT2D eigenvalue weighted by Crippen LogP contribution is 2.40. The van der Waals surface area contributed by atoms with Gasteiger partial charge in [0, 0.05) is 30.5 Å². The van der Waals surface area contributed by atoms with Crippen molar-refractivity contribution in [2.75, 3.05) is 25.1 Å². The zero-order valence-corrected chi connectivity index (χ0v) is 20.9. The number of alkyl halides is 3. The summed E-state index contributed by atoms with van der Waals surface area (Å²) in [6.07, 6.45) is -2.56. The largest absolute Gasteiger partial charge is 0.524 e. The number of anilines is 1. The third kappa shape index (κ3) is 13.3. The first-order valence-corrected chi connectivity index (χ1v) is 12.5. The van der Waals surface area contributed by atoms with E-state index in [1.807, 2.05) is 0 Å². The van der Waals surface area contributed by atoms with Gasteiger partial charge in [0.2, 0.25) is 0 Å². The first kappa shape index (κ1) is 34.8. The third-order valence-electron chi connectivity index (χ3n) is 4.68. The second kappa shape index (κ2) is 15.9. The van der Waals surface area contributed by atoms with Crippen LogP contribution in [0.5, 0.6) is 5.75 Å². The number of phosphoric ester groups is 1. The van der Waals surface area contributed by atoms with E-state index < -0.39 is 31.2 Å². The van der Waals surface area contributed by atoms with Crippen molar-refractivity contribution in [1.29, 1.82) is 0 Å². The van der Waals surface area contributed by atoms with Crippen LogP contribution in [-0.2, 0) is 10.7 Å². The summed E-state index contributed by atoms with van der Waals surface area (Å²) in [7, 11) is -4.96. The van der Waals surface area contributed by atoms with Crippen LogP contribution < -0.4 is 9.84 Å². The summed E-state index contributed by atoms with van der Waals surface area (Å²) in [6, 6.07) is 6.32. The molecule has 1 amide bonds. The summed E-state index contributed by atoms with van der Waals surface area (Å²) in [5.74, 6) is -1.14. The van der Waals surface area contributed by atoms with Gasteiger partial charge in [-0.2, -0.15) is 13.2 Å². The summed E-state index contributed by atoms with van der Waals surface area (Å²) >= 11 is 5.77. The molecule has 14 heteroatoms. The molecule has 2 aromatic rings. The van der Waals surface area contributed by atoms with E-state index in [9.17, 15) is 22.5 Å². The van der Waals surface area contributed by atoms with Crippen molar-refractivity contribution in [3.05, 3.63) is 58.1 Å². The number of phosphoric acid groups is 1. The Balaban J connectivity index is 0.00000100. The van der Waals surface area contributed by atoms with Crippen LogP contribution in [-0.4, -0.2) is 50.8 Å². The third-order valence-corrected chi connectivity index (χ3v) is 5.35. The molecule has 0 bridgehead atoms. The van der Waals surface area contributed by atoms with Crippen molar-refractivity contribution >= 4 is 31.0 Å². The van der Waals surface area contributed by atoms with E-state index >= 15 is 0 Å². The minimum atomic E-state index is -4.96. The highest BCUT2D eigenvalue weighted by atomic mass is 35.5. The lowest BCUT2D eigenvalue weighted by Crippen LogP contribution is -2.15. The number of carbonyl (C=O) groups is 1. The van der Waals surface area contributed by atoms with Gasteiger partial charge in [0.25, 0.3) is 5.91 Å². The van der Waals surface area contributed by atoms with Gasteiger partial charge in [-0.3, -0.25) is 14.6 Å². The highest BCUT2D eigenvalue weighted by Gasteiger charge is 2.31. The molecule has 37 heavy (non-hydrogen) atoms. The summed E-state index contributed by atoms with van der Waals surface area (Å²) < 4.78 is 54.0. The quantitative estimate of drug-likeness (QED) is 0.222. The standard InChI is InChI=1S/C15H12ClF3NO5P.C7H16O3.CH4/c1-8-4-9(15(17,18)19)6-11(5-8)20-14(21)12-7-10(16)2-3-13(12)25-26(22,23)24;8-4-1-7(2-5-9)3-6-10;/h2-7H,1H3,(H,20,21)(H2,22,23,24);7-10H,1-6H2;1H4. The Bertz CT molecular complexity index is 1030. The fourth-order valence-electron chi connectivity index (χ4n) is 3.09. The van der Waals surface area contributed by atoms with E-state index in [1.54, 1.807) is 0 Å². The molecule has 0 spiro atoms. The van der Waals surface area contributed by atoms with E-state index in [1.165, 1.54) is 19.1 Å². The van der Waals surface area contributed by atoms with E-state index in [0.29, 0.717) is 19.3 Å². The Morgan fingerprint density at radius 3 is 2.03 bits per heavy atom. The van der Waals surface area contributed by atoms with Gasteiger partial charge < -0.3 is 25.2 Å². The van der Waals surface area contributed by atoms with Crippen LogP contribution >= 0.6 is 19.4 Å². The number of hydrogen-bond donors (Lipinski definition) is 6. The van der Waals surface area contributed by atoms with Crippen LogP contribution in [0.1, 0.15) is 48.2 Å². The molecule has 0 radical (unpaired) electrons. The summed E-state index contributed by atoms with van der Waals surface area (Å²) in [4.78, 5) is 30.2. The minimum absolute atomic E-state index is 0. The molecule has 2 rings (SSSR count). The smallest absolute Gasteiger partial charge is 0.403 e. The number of hydrogen-bond acceptors (Lipinski definition) is 6. The van der Waals surface area contributed by atoms with Crippen LogP contribution in [0, 0.1) is 12.8 Å². The molecule has 0 aliphatic heterocycles. The predicted octanol–water partition coefficient (Wildman–Crippen LogP) is 4.78. The zero-order valence-electron chi connectivity index (χ0n) is 19.2. The van der Waals surface area contributed by atoms with Crippen molar-refractivity contribution in [3.63, 3.8) is 0 Å². The summed E-state index contributed by atoms with van der Waals surface area (Å²) in [6.45, 7) is 1.85. The number of benzene rings is 2. The molecular weight excluding hydrogens is 542 g/mol. The Morgan fingerprint density at radius 2 is 1.57 bits per heavy atom. The van der Waals surface area contributed by atoms with Crippen LogP contribution in [0.15, 0.2) is 36.4 Å². The maximum absolute atomic E-state index is 12.9. The lowest BCUT2D eigenvalue weighted by atomic mass is 9.99. The Kier molecular flexibility index (Phi) is 15.0. The molecule has 210 valence electrons. The molecule has 2 aromatic carbocycles. The monoisotopic (exact) mass is 573 g/mol. The van der Waals surface area contributed by atoms with Crippen LogP contribution in [0.25, 0.3) is 0 Å². The van der Waals surface area contributed by atoms with Gasteiger partial charge in [-0.1, -0.05) is 19.0 Å². The molecule has 0 aliphatic carbocycles. The second-order valence-electron chi connectivity index (χ2n) is 7.66. The number of halogens is 4. The highest BCUT2D eigenvalue weighted by molar-refractivity contribution is 7.46. The Hall–Kier alpha value is -2.18. The SMILES string of the molecule is C.Cc1cc(NC(=O)c2cc(Cl)ccc2OP(=O)(O)O)cc(C(F)(F)F)c1.OCCC(CCO)CCO. The van der Waals surface area contributed by atoms with E-state index in [2.05, 4.69) is 9.84 Å². The zero-order chi connectivity index (χ0) is 27.5. The number of carbonyl (C=O) groups excluding carboxylic acids is 1. The van der Waals surface area contributed by atoms with Gasteiger partial charge in [-0.25, -0.2) is 4.57 Å². The average molecular weight is 574 g/mol. The Labute approximate surface area is 218 Å². The first-order valence-electron chi connectivity index (χ1n) is 10.6. The van der Waals surface area contributed by atoms with Crippen molar-refractivity contribution in [2.45, 2.75) is 39.8 Å². The molecule has 0 atom stereocenters. The molecule has 0 saturated heterocycles. The van der Waals surface area contributed by atoms with Crippen LogP contribution in [0.4, 0.5) is 18.9 Å². The first-order chi connectivity index (χ1) is 16.7. The van der Waals surface area contributed by atoms with Gasteiger partial charge in [-0.05, 0) is 74.1 Å². The normalized spacial score (nSPS) is 11.3. The molecule has 0 aromatic heterocycles. The van der Waals surface area contributed by atoms with Crippen LogP contribution in [0.3, 0.4) is 0 Å². The van der Waals surface area contributed by atoms with Gasteiger partial charge in [0.1, 0.15) is 5.75 Å². The maximum atomic E-state index is 12.9. The fraction of sp³-hybridized carbons (Fsp3) is 0.435. The molecule has 0 saturated carbocycles. The minimum Gasteiger partial charge on any atom is -0.403 e. The van der Waals surface area contributed by atoms with Crippen molar-refractivity contribution in [3.8, 4) is 5.75 Å². The lowest BCUT2D eigenvalue weighted by Gasteiger charge is -2.14. The molecule has 0 unspecified atom stereocenters. The predicted molar refractivity (Wildman–Crippen MR) is 134 cm³/mol. The maximum Gasteiger partial charge on any atom is 0.524 e. The molecule has 9 nitrogen and oxygen atoms in total. The van der Waals surface area contributed by atoms with Crippen LogP contribution in [0.2, 0.25) is 5.02 Å². The number of rotatable bonds is 10. The topological polar surface area (TPSA) is 157 Å². The van der Waals surface area contributed by atoms with Gasteiger partial charge >= 0.3 is 14.0 Å². The van der Waals surface area contributed by atoms with Crippen molar-refractivity contribution < 1.29 is 52.2 Å². The summed E-state index contributed by atoms with van der Waals surface area (Å²) in [5, 5.41) is 27.9. The number of aliphatic hydroxyl groups is 3. The number of aliphatic hydroxyl groups excluding tert-OH is 3. The number of nitrogens with one attached hydrogen (secondary N) is 1. The fourth-order valence-corrected chi connectivity index (χ4v) is 3.67. The van der Waals surface area contributed by atoms with Gasteiger partial charge in [-0.15, -0.1) is 0 Å². The van der Waals surface area contributed by atoms with Crippen molar-refractivity contribution in [2.24, 2.45) is 5.92 Å². The van der Waals surface area contributed by atoms with E-state index in [0.717, 1.165) is 24.3 Å². The summed E-state index contributed by atoms with van der Waals surface area (Å²) in [5.41, 5.74) is -1.20. The van der Waals surface area contributed by atoms with Crippen molar-refractivity contribution in [1.82, 2.24) is 0 Å². The molecule has 6 N–H and O–H groups in total.